The largest absolute Gasteiger partial charge is 0.755 e. The van der Waals surface area contributed by atoms with Crippen molar-refractivity contribution in [2.45, 2.75) is 45.4 Å². The van der Waals surface area contributed by atoms with Crippen molar-refractivity contribution in [1.29, 1.82) is 0 Å². The molecule has 0 aliphatic carbocycles. The van der Waals surface area contributed by atoms with E-state index in [2.05, 4.69) is 25.1 Å². The number of morpholine rings is 1. The first kappa shape index (κ1) is 32.5. The maximum atomic E-state index is 14.5. The molecule has 3 N–H and O–H groups in total. The zero-order chi connectivity index (χ0) is 33.6. The first-order chi connectivity index (χ1) is 22.4. The minimum absolute atomic E-state index is 0.0260. The Morgan fingerprint density at radius 1 is 1.15 bits per heavy atom. The van der Waals surface area contributed by atoms with Crippen molar-refractivity contribution in [1.82, 2.24) is 25.1 Å². The molecular weight excluding hydrogens is 656 g/mol. The average molecular weight is 685 g/mol. The number of carbonyl (C=O) groups excluding carboxylic acids is 1. The molecule has 246 valence electrons. The fourth-order valence-electron chi connectivity index (χ4n) is 6.08. The minimum atomic E-state index is -2.73. The third-order valence-corrected chi connectivity index (χ3v) is 8.46. The van der Waals surface area contributed by atoms with E-state index in [1.807, 2.05) is 19.9 Å². The van der Waals surface area contributed by atoms with E-state index in [4.69, 9.17) is 21.3 Å². The van der Waals surface area contributed by atoms with E-state index in [1.54, 1.807) is 12.1 Å². The number of rotatable bonds is 8. The van der Waals surface area contributed by atoms with Gasteiger partial charge in [-0.3, -0.25) is 28.2 Å². The molecule has 16 heteroatoms. The highest BCUT2D eigenvalue weighted by atomic mass is 35.5. The van der Waals surface area contributed by atoms with Crippen LogP contribution in [-0.4, -0.2) is 59.7 Å². The zero-order valence-electron chi connectivity index (χ0n) is 25.3. The van der Waals surface area contributed by atoms with Gasteiger partial charge in [-0.2, -0.15) is 5.10 Å². The van der Waals surface area contributed by atoms with Gasteiger partial charge in [-0.25, -0.2) is 13.8 Å². The van der Waals surface area contributed by atoms with Crippen LogP contribution in [0.15, 0.2) is 53.3 Å². The smallest absolute Gasteiger partial charge is 0.266 e. The summed E-state index contributed by atoms with van der Waals surface area (Å²) >= 11 is 3.73. The van der Waals surface area contributed by atoms with E-state index in [0.717, 1.165) is 23.9 Å². The summed E-state index contributed by atoms with van der Waals surface area (Å²) in [6, 6.07) is 10.2. The summed E-state index contributed by atoms with van der Waals surface area (Å²) in [4.78, 5) is 34.1. The molecule has 3 aromatic carbocycles. The molecule has 5 aromatic rings. The van der Waals surface area contributed by atoms with Gasteiger partial charge < -0.3 is 19.5 Å². The van der Waals surface area contributed by atoms with Crippen LogP contribution in [-0.2, 0) is 27.2 Å². The molecule has 6 rings (SSSR count). The third-order valence-electron chi connectivity index (χ3n) is 7.78. The van der Waals surface area contributed by atoms with Crippen molar-refractivity contribution in [2.75, 3.05) is 22.7 Å². The molecule has 4 atom stereocenters. The third kappa shape index (κ3) is 6.70. The molecule has 0 saturated carbocycles. The van der Waals surface area contributed by atoms with Crippen molar-refractivity contribution in [3.05, 3.63) is 86.9 Å². The van der Waals surface area contributed by atoms with Crippen LogP contribution in [0.2, 0.25) is 5.02 Å². The van der Waals surface area contributed by atoms with Gasteiger partial charge in [-0.1, -0.05) is 11.6 Å². The lowest BCUT2D eigenvalue weighted by Crippen LogP contribution is -2.45. The number of aromatic nitrogens is 4. The molecule has 47 heavy (non-hydrogen) atoms. The highest BCUT2D eigenvalue weighted by Crippen LogP contribution is 2.34. The van der Waals surface area contributed by atoms with E-state index < -0.39 is 40.4 Å². The fraction of sp³-hybridized carbons (Fsp3) is 0.290. The van der Waals surface area contributed by atoms with Gasteiger partial charge in [0.2, 0.25) is 5.91 Å². The topological polar surface area (TPSA) is 157 Å². The highest BCUT2D eigenvalue weighted by molar-refractivity contribution is 7.80. The molecule has 3 heterocycles. The predicted octanol–water partition coefficient (Wildman–Crippen LogP) is 4.43. The lowest BCUT2D eigenvalue weighted by atomic mass is 10.0. The second-order valence-corrected chi connectivity index (χ2v) is 12.5. The van der Waals surface area contributed by atoms with Gasteiger partial charge in [0.1, 0.15) is 17.5 Å². The molecule has 2 aromatic heterocycles. The number of carbonyl (C=O) groups is 1. The van der Waals surface area contributed by atoms with Gasteiger partial charge >= 0.3 is 0 Å². The van der Waals surface area contributed by atoms with E-state index in [0.29, 0.717) is 18.6 Å². The average Bonchev–Trinajstić information content (AvgIpc) is 3.40. The van der Waals surface area contributed by atoms with E-state index in [-0.39, 0.29) is 62.8 Å². The molecule has 1 fully saturated rings. The molecule has 1 amide bonds. The predicted molar refractivity (Wildman–Crippen MR) is 173 cm³/mol. The summed E-state index contributed by atoms with van der Waals surface area (Å²) in [5.74, 6) is -2.16. The van der Waals surface area contributed by atoms with Crippen molar-refractivity contribution in [3.63, 3.8) is 0 Å². The fourth-order valence-corrected chi connectivity index (χ4v) is 6.63. The highest BCUT2D eigenvalue weighted by Gasteiger charge is 2.27. The summed E-state index contributed by atoms with van der Waals surface area (Å²) in [6.07, 6.45) is -0.185. The van der Waals surface area contributed by atoms with Crippen LogP contribution >= 0.6 is 11.6 Å². The minimum Gasteiger partial charge on any atom is -0.755 e. The number of amides is 1. The van der Waals surface area contributed by atoms with Gasteiger partial charge in [-0.05, 0) is 61.9 Å². The first-order valence-corrected chi connectivity index (χ1v) is 16.0. The van der Waals surface area contributed by atoms with Crippen molar-refractivity contribution < 1.29 is 27.1 Å². The Hall–Kier alpha value is -4.44. The first-order valence-electron chi connectivity index (χ1n) is 14.6. The van der Waals surface area contributed by atoms with Crippen LogP contribution in [0.1, 0.15) is 38.2 Å². The Labute approximate surface area is 274 Å². The number of H-pyrrole nitrogens is 1. The van der Waals surface area contributed by atoms with Gasteiger partial charge in [0.05, 0.1) is 50.8 Å². The van der Waals surface area contributed by atoms with Crippen molar-refractivity contribution >= 4 is 62.1 Å². The van der Waals surface area contributed by atoms with Gasteiger partial charge in [0.25, 0.3) is 5.56 Å². The summed E-state index contributed by atoms with van der Waals surface area (Å²) in [6.45, 7) is 6.46. The molecule has 12 nitrogen and oxygen atoms in total. The van der Waals surface area contributed by atoms with Crippen molar-refractivity contribution in [2.24, 2.45) is 0 Å². The number of benzene rings is 3. The number of hydrogen-bond acceptors (Lipinski definition) is 8. The number of nitrogens with one attached hydrogen (secondary N) is 3. The molecule has 1 saturated heterocycles. The van der Waals surface area contributed by atoms with Gasteiger partial charge in [0.15, 0.2) is 5.82 Å². The Balaban J connectivity index is 1.61. The quantitative estimate of drug-likeness (QED) is 0.203. The van der Waals surface area contributed by atoms with Gasteiger partial charge in [-0.15, -0.1) is 0 Å². The molecule has 1 aliphatic heterocycles. The van der Waals surface area contributed by atoms with Crippen LogP contribution in [0, 0.1) is 11.6 Å². The Morgan fingerprint density at radius 2 is 1.85 bits per heavy atom. The zero-order valence-corrected chi connectivity index (χ0v) is 26.9. The summed E-state index contributed by atoms with van der Waals surface area (Å²) in [5.41, 5.74) is 1.20. The molecule has 0 bridgehead atoms. The van der Waals surface area contributed by atoms with Gasteiger partial charge in [0, 0.05) is 49.5 Å². The number of nitrogens with zero attached hydrogens (tertiary/aromatic N) is 4. The maximum Gasteiger partial charge on any atom is 0.266 e. The second-order valence-electron chi connectivity index (χ2n) is 11.4. The Bertz CT molecular complexity index is 2080. The van der Waals surface area contributed by atoms with Crippen LogP contribution < -0.4 is 20.5 Å². The second kappa shape index (κ2) is 13.0. The Morgan fingerprint density at radius 3 is 2.51 bits per heavy atom. The number of halogens is 3. The molecular formula is C31H29ClF2N7O5S-. The molecule has 0 spiro atoms. The van der Waals surface area contributed by atoms with E-state index >= 15 is 0 Å². The molecule has 1 unspecified atom stereocenters. The lowest BCUT2D eigenvalue weighted by molar-refractivity contribution is -0.119. The number of hydrogen-bond donors (Lipinski definition) is 3. The van der Waals surface area contributed by atoms with Crippen molar-refractivity contribution in [3.8, 4) is 5.69 Å². The number of ether oxygens (including phenoxy) is 1. The van der Waals surface area contributed by atoms with E-state index in [1.165, 1.54) is 23.6 Å². The monoisotopic (exact) mass is 684 g/mol. The van der Waals surface area contributed by atoms with Crippen LogP contribution in [0.3, 0.4) is 0 Å². The summed E-state index contributed by atoms with van der Waals surface area (Å²) < 4.78 is 60.7. The standard InChI is InChI=1S/C31H30ClF2N7O5S/c1-15-13-40(14-16(2)46-15)21-4-5-22-24(12-21)36-30(25(35-17(3)42)10-18-8-19(33)11-20(34)9-18)41(31(22)43)26-7-6-23(32)27-28(26)37-38-29(27)39-47(44)45/h4-9,11-12,15-16,25H,10,13-14H2,1-3H3,(H,35,42)(H,44,45)(H2,37,38,39)/p-1/t15-,16+,25-/m0/s1. The Kier molecular flexibility index (Phi) is 8.98. The maximum absolute atomic E-state index is 14.5. The number of aromatic amines is 1. The lowest BCUT2D eigenvalue weighted by Gasteiger charge is -2.37. The summed E-state index contributed by atoms with van der Waals surface area (Å²) in [5, 5.41) is 10.1. The molecule has 0 radical (unpaired) electrons. The van der Waals surface area contributed by atoms with Crippen LogP contribution in [0.25, 0.3) is 27.5 Å². The van der Waals surface area contributed by atoms with Crippen LogP contribution in [0.5, 0.6) is 0 Å². The number of fused-ring (bicyclic) bond motifs is 2. The number of anilines is 2. The molecule has 1 aliphatic rings. The van der Waals surface area contributed by atoms with E-state index in [9.17, 15) is 27.1 Å². The summed E-state index contributed by atoms with van der Waals surface area (Å²) in [7, 11) is 0. The normalized spacial score (nSPS) is 18.0. The SMILES string of the molecule is CC(=O)N[C@@H](Cc1cc(F)cc(F)c1)c1nc2cc(N3C[C@@H](C)O[C@@H](C)C3)ccc2c(=O)n1-c1ccc(Cl)c2c(NS(=O)[O-])n[nH]c12. The van der Waals surface area contributed by atoms with Crippen LogP contribution in [0.4, 0.5) is 20.3 Å².